The third-order valence-corrected chi connectivity index (χ3v) is 5.09. The normalized spacial score (nSPS) is 14.7. The first-order valence-electron chi connectivity index (χ1n) is 10.3. The molecule has 1 aliphatic heterocycles. The van der Waals surface area contributed by atoms with E-state index in [1.54, 1.807) is 6.08 Å². The summed E-state index contributed by atoms with van der Waals surface area (Å²) in [5, 5.41) is 2.87. The van der Waals surface area contributed by atoms with Crippen LogP contribution in [0.4, 0.5) is 0 Å². The molecule has 6 nitrogen and oxygen atoms in total. The lowest BCUT2D eigenvalue weighted by molar-refractivity contribution is -0.116. The zero-order valence-electron chi connectivity index (χ0n) is 17.6. The van der Waals surface area contributed by atoms with Crippen LogP contribution in [0.2, 0.25) is 0 Å². The number of hydrogen-bond donors (Lipinski definition) is 1. The monoisotopic (exact) mass is 407 g/mol. The standard InChI is InChI=1S/C24H29N3O3/c1-3-30-22-7-5-4-6-20(22)12-13-23(28)25-18-19-8-10-21(11-9-19)24(29)27-16-14-26(2)15-17-27/h4-13H,3,14-18H2,1-2H3,(H,25,28). The zero-order valence-corrected chi connectivity index (χ0v) is 17.6. The molecule has 2 aromatic rings. The predicted molar refractivity (Wildman–Crippen MR) is 118 cm³/mol. The van der Waals surface area contributed by atoms with Crippen molar-refractivity contribution in [2.45, 2.75) is 13.5 Å². The van der Waals surface area contributed by atoms with Gasteiger partial charge in [0.25, 0.3) is 5.91 Å². The van der Waals surface area contributed by atoms with Gasteiger partial charge < -0.3 is 19.9 Å². The smallest absolute Gasteiger partial charge is 0.253 e. The van der Waals surface area contributed by atoms with Crippen LogP contribution < -0.4 is 10.1 Å². The Morgan fingerprint density at radius 2 is 1.73 bits per heavy atom. The molecule has 1 heterocycles. The van der Waals surface area contributed by atoms with Gasteiger partial charge in [-0.2, -0.15) is 0 Å². The van der Waals surface area contributed by atoms with E-state index in [1.165, 1.54) is 6.08 Å². The highest BCUT2D eigenvalue weighted by Gasteiger charge is 2.20. The van der Waals surface area contributed by atoms with E-state index in [4.69, 9.17) is 4.74 Å². The average Bonchev–Trinajstić information content (AvgIpc) is 2.78. The van der Waals surface area contributed by atoms with E-state index in [9.17, 15) is 9.59 Å². The molecule has 0 aliphatic carbocycles. The summed E-state index contributed by atoms with van der Waals surface area (Å²) in [4.78, 5) is 28.9. The number of nitrogens with zero attached hydrogens (tertiary/aromatic N) is 2. The molecule has 2 amide bonds. The summed E-state index contributed by atoms with van der Waals surface area (Å²) in [5.74, 6) is 0.637. The highest BCUT2D eigenvalue weighted by Crippen LogP contribution is 2.19. The maximum Gasteiger partial charge on any atom is 0.253 e. The molecule has 0 radical (unpaired) electrons. The molecule has 0 atom stereocenters. The first-order valence-corrected chi connectivity index (χ1v) is 10.3. The zero-order chi connectivity index (χ0) is 21.3. The number of likely N-dealkylation sites (N-methyl/N-ethyl adjacent to an activating group) is 1. The molecule has 0 unspecified atom stereocenters. The highest BCUT2D eigenvalue weighted by molar-refractivity contribution is 5.94. The fraction of sp³-hybridized carbons (Fsp3) is 0.333. The number of amides is 2. The summed E-state index contributed by atoms with van der Waals surface area (Å²) in [7, 11) is 2.07. The number of hydrogen-bond acceptors (Lipinski definition) is 4. The molecule has 0 bridgehead atoms. The van der Waals surface area contributed by atoms with Gasteiger partial charge in [0.05, 0.1) is 6.61 Å². The highest BCUT2D eigenvalue weighted by atomic mass is 16.5. The van der Waals surface area contributed by atoms with Crippen molar-refractivity contribution >= 4 is 17.9 Å². The lowest BCUT2D eigenvalue weighted by Gasteiger charge is -2.32. The Morgan fingerprint density at radius 1 is 1.03 bits per heavy atom. The van der Waals surface area contributed by atoms with E-state index in [0.717, 1.165) is 43.1 Å². The third kappa shape index (κ3) is 5.94. The van der Waals surface area contributed by atoms with Crippen LogP contribution in [-0.4, -0.2) is 61.4 Å². The van der Waals surface area contributed by atoms with Gasteiger partial charge in [0, 0.05) is 49.9 Å². The van der Waals surface area contributed by atoms with Gasteiger partial charge in [-0.1, -0.05) is 30.3 Å². The van der Waals surface area contributed by atoms with Crippen LogP contribution in [0, 0.1) is 0 Å². The van der Waals surface area contributed by atoms with Crippen molar-refractivity contribution in [3.05, 3.63) is 71.3 Å². The van der Waals surface area contributed by atoms with Gasteiger partial charge >= 0.3 is 0 Å². The van der Waals surface area contributed by atoms with Crippen molar-refractivity contribution in [1.29, 1.82) is 0 Å². The van der Waals surface area contributed by atoms with Crippen LogP contribution in [-0.2, 0) is 11.3 Å². The van der Waals surface area contributed by atoms with E-state index >= 15 is 0 Å². The lowest BCUT2D eigenvalue weighted by Crippen LogP contribution is -2.47. The minimum atomic E-state index is -0.182. The number of ether oxygens (including phenoxy) is 1. The third-order valence-electron chi connectivity index (χ3n) is 5.09. The molecule has 0 aromatic heterocycles. The van der Waals surface area contributed by atoms with Crippen molar-refractivity contribution in [2.75, 3.05) is 39.8 Å². The Morgan fingerprint density at radius 3 is 2.43 bits per heavy atom. The van der Waals surface area contributed by atoms with E-state index in [0.29, 0.717) is 18.7 Å². The fourth-order valence-electron chi connectivity index (χ4n) is 3.28. The Hall–Kier alpha value is -3.12. The molecular formula is C24H29N3O3. The number of benzene rings is 2. The Labute approximate surface area is 178 Å². The second-order valence-electron chi connectivity index (χ2n) is 7.31. The van der Waals surface area contributed by atoms with E-state index in [2.05, 4.69) is 17.3 Å². The van der Waals surface area contributed by atoms with E-state index < -0.39 is 0 Å². The van der Waals surface area contributed by atoms with E-state index in [1.807, 2.05) is 60.4 Å². The molecule has 0 spiro atoms. The van der Waals surface area contributed by atoms with Crippen molar-refractivity contribution in [2.24, 2.45) is 0 Å². The molecule has 1 N–H and O–H groups in total. The molecule has 1 fully saturated rings. The number of carbonyl (C=O) groups excluding carboxylic acids is 2. The summed E-state index contributed by atoms with van der Waals surface area (Å²) >= 11 is 0. The lowest BCUT2D eigenvalue weighted by atomic mass is 10.1. The van der Waals surface area contributed by atoms with Crippen LogP contribution in [0.3, 0.4) is 0 Å². The molecule has 0 saturated carbocycles. The largest absolute Gasteiger partial charge is 0.493 e. The van der Waals surface area contributed by atoms with Gasteiger partial charge in [0.15, 0.2) is 0 Å². The van der Waals surface area contributed by atoms with Crippen LogP contribution in [0.5, 0.6) is 5.75 Å². The van der Waals surface area contributed by atoms with Crippen molar-refractivity contribution in [3.8, 4) is 5.75 Å². The molecule has 6 heteroatoms. The molecule has 158 valence electrons. The maximum absolute atomic E-state index is 12.6. The summed E-state index contributed by atoms with van der Waals surface area (Å²) in [5.41, 5.74) is 2.49. The van der Waals surface area contributed by atoms with Crippen LogP contribution >= 0.6 is 0 Å². The van der Waals surface area contributed by atoms with Crippen LogP contribution in [0.15, 0.2) is 54.6 Å². The minimum Gasteiger partial charge on any atom is -0.493 e. The first-order chi connectivity index (χ1) is 14.6. The quantitative estimate of drug-likeness (QED) is 0.717. The first kappa shape index (κ1) is 21.6. The molecule has 2 aromatic carbocycles. The predicted octanol–water partition coefficient (Wildman–Crippen LogP) is 2.80. The van der Waals surface area contributed by atoms with E-state index in [-0.39, 0.29) is 11.8 Å². The average molecular weight is 408 g/mol. The van der Waals surface area contributed by atoms with Crippen molar-refractivity contribution in [3.63, 3.8) is 0 Å². The Balaban J connectivity index is 1.51. The van der Waals surface area contributed by atoms with Gasteiger partial charge in [-0.25, -0.2) is 0 Å². The van der Waals surface area contributed by atoms with Gasteiger partial charge in [-0.3, -0.25) is 9.59 Å². The molecule has 1 saturated heterocycles. The van der Waals surface area contributed by atoms with Crippen molar-refractivity contribution in [1.82, 2.24) is 15.1 Å². The minimum absolute atomic E-state index is 0.0644. The van der Waals surface area contributed by atoms with Gasteiger partial charge in [-0.05, 0) is 43.8 Å². The van der Waals surface area contributed by atoms with Gasteiger partial charge in [0.2, 0.25) is 5.91 Å². The van der Waals surface area contributed by atoms with Gasteiger partial charge in [-0.15, -0.1) is 0 Å². The topological polar surface area (TPSA) is 61.9 Å². The summed E-state index contributed by atoms with van der Waals surface area (Å²) in [6, 6.07) is 15.0. The fourth-order valence-corrected chi connectivity index (χ4v) is 3.28. The number of carbonyl (C=O) groups is 2. The second-order valence-corrected chi connectivity index (χ2v) is 7.31. The molecule has 3 rings (SSSR count). The van der Waals surface area contributed by atoms with Crippen LogP contribution in [0.25, 0.3) is 6.08 Å². The Bertz CT molecular complexity index is 885. The molecule has 1 aliphatic rings. The Kier molecular flexibility index (Phi) is 7.63. The number of nitrogens with one attached hydrogen (secondary N) is 1. The summed E-state index contributed by atoms with van der Waals surface area (Å²) in [6.07, 6.45) is 3.25. The van der Waals surface area contributed by atoms with Gasteiger partial charge in [0.1, 0.15) is 5.75 Å². The number of piperazine rings is 1. The van der Waals surface area contributed by atoms with Crippen LogP contribution in [0.1, 0.15) is 28.4 Å². The second kappa shape index (κ2) is 10.6. The summed E-state index contributed by atoms with van der Waals surface area (Å²) in [6.45, 7) is 6.22. The maximum atomic E-state index is 12.6. The SMILES string of the molecule is CCOc1ccccc1C=CC(=O)NCc1ccc(C(=O)N2CCN(C)CC2)cc1. The summed E-state index contributed by atoms with van der Waals surface area (Å²) < 4.78 is 5.56. The number of para-hydroxylation sites is 1. The molecule has 30 heavy (non-hydrogen) atoms. The number of rotatable bonds is 7. The molecular weight excluding hydrogens is 378 g/mol. The van der Waals surface area contributed by atoms with Crippen molar-refractivity contribution < 1.29 is 14.3 Å².